The molecule has 65 valence electrons. The topological polar surface area (TPSA) is 49.3 Å². The van der Waals surface area contributed by atoms with E-state index in [2.05, 4.69) is 5.32 Å². The summed E-state index contributed by atoms with van der Waals surface area (Å²) in [7, 11) is 0. The highest BCUT2D eigenvalue weighted by molar-refractivity contribution is 5.59. The van der Waals surface area contributed by atoms with E-state index >= 15 is 0 Å². The molecule has 0 heterocycles. The van der Waals surface area contributed by atoms with E-state index in [0.717, 1.165) is 0 Å². The van der Waals surface area contributed by atoms with E-state index in [0.29, 0.717) is 0 Å². The van der Waals surface area contributed by atoms with Crippen LogP contribution in [0.1, 0.15) is 27.7 Å². The molecule has 0 aliphatic heterocycles. The molecule has 0 aromatic heterocycles. The monoisotopic (exact) mass is 158 g/mol. The SMILES string of the molecule is CC(O)NC([C]=O)C(C)(C)C. The molecular formula is C8H16NO2. The summed E-state index contributed by atoms with van der Waals surface area (Å²) < 4.78 is 0. The van der Waals surface area contributed by atoms with Gasteiger partial charge in [0, 0.05) is 0 Å². The van der Waals surface area contributed by atoms with E-state index in [4.69, 9.17) is 5.11 Å². The molecular weight excluding hydrogens is 142 g/mol. The van der Waals surface area contributed by atoms with E-state index in [-0.39, 0.29) is 5.41 Å². The molecule has 0 spiro atoms. The molecule has 0 aromatic carbocycles. The van der Waals surface area contributed by atoms with Gasteiger partial charge in [-0.25, -0.2) is 0 Å². The first kappa shape index (κ1) is 10.6. The Kier molecular flexibility index (Phi) is 3.69. The van der Waals surface area contributed by atoms with E-state index in [9.17, 15) is 4.79 Å². The van der Waals surface area contributed by atoms with Crippen LogP contribution in [0.15, 0.2) is 0 Å². The Bertz CT molecular complexity index is 127. The van der Waals surface area contributed by atoms with Crippen LogP contribution < -0.4 is 5.32 Å². The molecule has 0 aromatic rings. The second kappa shape index (κ2) is 3.83. The highest BCUT2D eigenvalue weighted by atomic mass is 16.3. The molecule has 0 aliphatic rings. The Morgan fingerprint density at radius 1 is 1.45 bits per heavy atom. The first-order valence-corrected chi connectivity index (χ1v) is 3.69. The van der Waals surface area contributed by atoms with E-state index in [1.165, 1.54) is 0 Å². The van der Waals surface area contributed by atoms with Crippen molar-refractivity contribution in [3.8, 4) is 0 Å². The molecule has 1 radical (unpaired) electrons. The fourth-order valence-electron chi connectivity index (χ4n) is 0.702. The largest absolute Gasteiger partial charge is 0.379 e. The van der Waals surface area contributed by atoms with Gasteiger partial charge in [-0.3, -0.25) is 10.1 Å². The average molecular weight is 158 g/mol. The van der Waals surface area contributed by atoms with Crippen LogP contribution in [0.5, 0.6) is 0 Å². The first-order valence-electron chi connectivity index (χ1n) is 3.69. The van der Waals surface area contributed by atoms with Gasteiger partial charge < -0.3 is 5.11 Å². The van der Waals surface area contributed by atoms with Gasteiger partial charge in [-0.05, 0) is 12.3 Å². The van der Waals surface area contributed by atoms with Gasteiger partial charge in [0.05, 0.1) is 6.04 Å². The highest BCUT2D eigenvalue weighted by Crippen LogP contribution is 2.17. The normalized spacial score (nSPS) is 17.5. The van der Waals surface area contributed by atoms with Crippen molar-refractivity contribution < 1.29 is 9.90 Å². The van der Waals surface area contributed by atoms with Crippen LogP contribution in [0.25, 0.3) is 0 Å². The zero-order valence-corrected chi connectivity index (χ0v) is 7.51. The van der Waals surface area contributed by atoms with Gasteiger partial charge in [0.1, 0.15) is 6.23 Å². The van der Waals surface area contributed by atoms with E-state index in [1.807, 2.05) is 27.1 Å². The maximum absolute atomic E-state index is 10.4. The molecule has 3 nitrogen and oxygen atoms in total. The number of nitrogens with one attached hydrogen (secondary N) is 1. The minimum atomic E-state index is -0.666. The summed E-state index contributed by atoms with van der Waals surface area (Å²) in [6.07, 6.45) is 1.19. The van der Waals surface area contributed by atoms with Crippen molar-refractivity contribution in [1.29, 1.82) is 0 Å². The molecule has 0 bridgehead atoms. The summed E-state index contributed by atoms with van der Waals surface area (Å²) in [5, 5.41) is 11.6. The molecule has 0 aliphatic carbocycles. The summed E-state index contributed by atoms with van der Waals surface area (Å²) in [6.45, 7) is 7.32. The third kappa shape index (κ3) is 4.11. The lowest BCUT2D eigenvalue weighted by Gasteiger charge is -2.27. The minimum absolute atomic E-state index is 0.196. The zero-order chi connectivity index (χ0) is 9.07. The van der Waals surface area contributed by atoms with Crippen molar-refractivity contribution in [2.75, 3.05) is 0 Å². The van der Waals surface area contributed by atoms with E-state index in [1.54, 1.807) is 6.92 Å². The molecule has 0 rings (SSSR count). The Hall–Kier alpha value is -0.410. The van der Waals surface area contributed by atoms with Crippen LogP contribution >= 0.6 is 0 Å². The molecule has 0 amide bonds. The fraction of sp³-hybridized carbons (Fsp3) is 0.875. The average Bonchev–Trinajstić information content (AvgIpc) is 1.79. The maximum atomic E-state index is 10.4. The highest BCUT2D eigenvalue weighted by Gasteiger charge is 2.25. The number of hydrogen-bond acceptors (Lipinski definition) is 3. The number of aliphatic hydroxyl groups is 1. The molecule has 2 unspecified atom stereocenters. The number of aliphatic hydroxyl groups excluding tert-OH is 1. The van der Waals surface area contributed by atoms with Gasteiger partial charge in [-0.1, -0.05) is 20.8 Å². The van der Waals surface area contributed by atoms with Gasteiger partial charge in [-0.2, -0.15) is 0 Å². The summed E-state index contributed by atoms with van der Waals surface area (Å²) in [5.41, 5.74) is -0.196. The standard InChI is InChI=1S/C8H16NO2/c1-6(11)9-7(5-10)8(2,3)4/h6-7,9,11H,1-4H3. The lowest BCUT2D eigenvalue weighted by molar-refractivity contribution is 0.127. The number of carbonyl (C=O) groups excluding carboxylic acids is 1. The van der Waals surface area contributed by atoms with Crippen LogP contribution in [0, 0.1) is 5.41 Å². The van der Waals surface area contributed by atoms with Crippen molar-refractivity contribution in [1.82, 2.24) is 5.32 Å². The van der Waals surface area contributed by atoms with Crippen LogP contribution in [0.4, 0.5) is 0 Å². The molecule has 2 N–H and O–H groups in total. The van der Waals surface area contributed by atoms with Crippen molar-refractivity contribution in [3.63, 3.8) is 0 Å². The van der Waals surface area contributed by atoms with Gasteiger partial charge in [0.2, 0.25) is 6.29 Å². The summed E-state index contributed by atoms with van der Waals surface area (Å²) in [4.78, 5) is 10.4. The second-order valence-electron chi connectivity index (χ2n) is 3.76. The maximum Gasteiger partial charge on any atom is 0.217 e. The molecule has 3 heteroatoms. The number of hydrogen-bond donors (Lipinski definition) is 2. The smallest absolute Gasteiger partial charge is 0.217 e. The molecule has 0 saturated heterocycles. The van der Waals surface area contributed by atoms with Crippen molar-refractivity contribution in [2.24, 2.45) is 5.41 Å². The third-order valence-corrected chi connectivity index (χ3v) is 1.39. The zero-order valence-electron chi connectivity index (χ0n) is 7.51. The molecule has 0 fully saturated rings. The lowest BCUT2D eigenvalue weighted by Crippen LogP contribution is -2.45. The third-order valence-electron chi connectivity index (χ3n) is 1.39. The molecule has 11 heavy (non-hydrogen) atoms. The van der Waals surface area contributed by atoms with Gasteiger partial charge in [0.25, 0.3) is 0 Å². The Morgan fingerprint density at radius 3 is 2.00 bits per heavy atom. The summed E-state index contributed by atoms with van der Waals surface area (Å²) >= 11 is 0. The first-order chi connectivity index (χ1) is 4.88. The Labute approximate surface area is 67.8 Å². The van der Waals surface area contributed by atoms with E-state index < -0.39 is 12.3 Å². The summed E-state index contributed by atoms with van der Waals surface area (Å²) in [5.74, 6) is 0. The Balaban J connectivity index is 4.07. The number of rotatable bonds is 3. The Morgan fingerprint density at radius 2 is 1.91 bits per heavy atom. The fourth-order valence-corrected chi connectivity index (χ4v) is 0.702. The summed E-state index contributed by atoms with van der Waals surface area (Å²) in [6, 6.07) is -0.414. The van der Waals surface area contributed by atoms with Crippen molar-refractivity contribution in [3.05, 3.63) is 0 Å². The lowest BCUT2D eigenvalue weighted by atomic mass is 9.87. The predicted octanol–water partition coefficient (Wildman–Crippen LogP) is 0.439. The quantitative estimate of drug-likeness (QED) is 0.586. The van der Waals surface area contributed by atoms with Gasteiger partial charge in [-0.15, -0.1) is 0 Å². The van der Waals surface area contributed by atoms with Crippen LogP contribution in [-0.2, 0) is 4.79 Å². The van der Waals surface area contributed by atoms with Crippen LogP contribution in [-0.4, -0.2) is 23.7 Å². The minimum Gasteiger partial charge on any atom is -0.379 e. The molecule has 2 atom stereocenters. The van der Waals surface area contributed by atoms with Crippen LogP contribution in [0.3, 0.4) is 0 Å². The van der Waals surface area contributed by atoms with Crippen molar-refractivity contribution >= 4 is 6.29 Å². The van der Waals surface area contributed by atoms with Gasteiger partial charge >= 0.3 is 0 Å². The van der Waals surface area contributed by atoms with Crippen molar-refractivity contribution in [2.45, 2.75) is 40.0 Å². The van der Waals surface area contributed by atoms with Gasteiger partial charge in [0.15, 0.2) is 0 Å². The predicted molar refractivity (Wildman–Crippen MR) is 43.8 cm³/mol. The second-order valence-corrected chi connectivity index (χ2v) is 3.76. The van der Waals surface area contributed by atoms with Crippen LogP contribution in [0.2, 0.25) is 0 Å². The molecule has 0 saturated carbocycles.